The highest BCUT2D eigenvalue weighted by atomic mass is 16.3. The Balaban J connectivity index is 4.00. The third-order valence-corrected chi connectivity index (χ3v) is 7.34. The summed E-state index contributed by atoms with van der Waals surface area (Å²) in [5, 5.41) is 42.7. The second-order valence-electron chi connectivity index (χ2n) is 11.6. The standard InChI is InChI=1S/C38H65NO5/c1-3-5-7-8-9-10-11-12-13-14-18-21-25-31-37(43)36(33-40)39-38(44)32-26-30-35(42)29-24-20-17-15-16-19-23-28-34(41)27-22-6-4-2/h7-8,16-17,19-20,23-25,28-29,31,34-37,40-43H,3-6,9-15,18,21-22,26-27,30,32-33H2,1-2H3,(H,39,44)/b8-7-,19-16-,20-17-,28-23+,29-24+,31-25+/t34-,35-,36+,37-/m1/s1. The third kappa shape index (κ3) is 28.5. The van der Waals surface area contributed by atoms with Gasteiger partial charge in [0.2, 0.25) is 5.91 Å². The van der Waals surface area contributed by atoms with Crippen LogP contribution in [-0.2, 0) is 4.79 Å². The maximum absolute atomic E-state index is 12.3. The molecule has 0 fully saturated rings. The largest absolute Gasteiger partial charge is 0.394 e. The van der Waals surface area contributed by atoms with Crippen LogP contribution >= 0.6 is 0 Å². The van der Waals surface area contributed by atoms with E-state index in [1.807, 2.05) is 42.5 Å². The first-order chi connectivity index (χ1) is 21.4. The first kappa shape index (κ1) is 41.8. The van der Waals surface area contributed by atoms with Crippen LogP contribution in [0.2, 0.25) is 0 Å². The van der Waals surface area contributed by atoms with Gasteiger partial charge in [-0.1, -0.05) is 138 Å². The fraction of sp³-hybridized carbons (Fsp3) is 0.658. The van der Waals surface area contributed by atoms with Gasteiger partial charge in [-0.3, -0.25) is 4.79 Å². The minimum Gasteiger partial charge on any atom is -0.394 e. The number of hydrogen-bond acceptors (Lipinski definition) is 5. The number of rotatable bonds is 29. The summed E-state index contributed by atoms with van der Waals surface area (Å²) in [7, 11) is 0. The fourth-order valence-electron chi connectivity index (χ4n) is 4.57. The Labute approximate surface area is 269 Å². The van der Waals surface area contributed by atoms with Crippen LogP contribution in [0.15, 0.2) is 72.9 Å². The molecule has 0 unspecified atom stereocenters. The van der Waals surface area contributed by atoms with Gasteiger partial charge in [0.15, 0.2) is 0 Å². The number of aliphatic hydroxyl groups is 4. The number of amides is 1. The molecule has 0 saturated heterocycles. The topological polar surface area (TPSA) is 110 Å². The monoisotopic (exact) mass is 615 g/mol. The highest BCUT2D eigenvalue weighted by Crippen LogP contribution is 2.10. The van der Waals surface area contributed by atoms with Crippen molar-refractivity contribution in [1.82, 2.24) is 5.32 Å². The van der Waals surface area contributed by atoms with Gasteiger partial charge in [0, 0.05) is 6.42 Å². The molecule has 4 atom stereocenters. The summed E-state index contributed by atoms with van der Waals surface area (Å²) < 4.78 is 0. The molecule has 6 nitrogen and oxygen atoms in total. The Kier molecular flexibility index (Phi) is 30.5. The average molecular weight is 616 g/mol. The maximum Gasteiger partial charge on any atom is 0.220 e. The van der Waals surface area contributed by atoms with Gasteiger partial charge >= 0.3 is 0 Å². The van der Waals surface area contributed by atoms with Gasteiger partial charge in [-0.05, 0) is 57.8 Å². The van der Waals surface area contributed by atoms with Crippen molar-refractivity contribution in [3.05, 3.63) is 72.9 Å². The Morgan fingerprint density at radius 1 is 0.614 bits per heavy atom. The lowest BCUT2D eigenvalue weighted by Crippen LogP contribution is -2.45. The number of hydrogen-bond donors (Lipinski definition) is 5. The van der Waals surface area contributed by atoms with E-state index in [4.69, 9.17) is 0 Å². The number of aliphatic hydroxyl groups excluding tert-OH is 4. The lowest BCUT2D eigenvalue weighted by molar-refractivity contribution is -0.123. The molecule has 5 N–H and O–H groups in total. The van der Waals surface area contributed by atoms with E-state index in [2.05, 4.69) is 31.3 Å². The highest BCUT2D eigenvalue weighted by molar-refractivity contribution is 5.76. The molecule has 44 heavy (non-hydrogen) atoms. The van der Waals surface area contributed by atoms with Crippen LogP contribution in [0.5, 0.6) is 0 Å². The van der Waals surface area contributed by atoms with E-state index in [-0.39, 0.29) is 25.0 Å². The zero-order valence-corrected chi connectivity index (χ0v) is 27.9. The number of unbranched alkanes of at least 4 members (excludes halogenated alkanes) is 10. The molecule has 0 aromatic rings. The molecule has 0 heterocycles. The van der Waals surface area contributed by atoms with Crippen LogP contribution in [0.1, 0.15) is 129 Å². The smallest absolute Gasteiger partial charge is 0.220 e. The molecule has 0 aliphatic rings. The van der Waals surface area contributed by atoms with E-state index in [9.17, 15) is 25.2 Å². The SMILES string of the molecule is CCC/C=C\CCCCCCCC/C=C/[C@@H](O)[C@H](CO)NC(=O)CCC[C@H](O)/C=C/C=C\C/C=C\C=C\[C@H](O)CCCCC. The summed E-state index contributed by atoms with van der Waals surface area (Å²) in [5.41, 5.74) is 0. The van der Waals surface area contributed by atoms with Gasteiger partial charge in [0.05, 0.1) is 31.0 Å². The second kappa shape index (κ2) is 32.2. The predicted molar refractivity (Wildman–Crippen MR) is 186 cm³/mol. The van der Waals surface area contributed by atoms with Crippen molar-refractivity contribution >= 4 is 5.91 Å². The molecular weight excluding hydrogens is 550 g/mol. The van der Waals surface area contributed by atoms with Gasteiger partial charge in [-0.15, -0.1) is 0 Å². The molecule has 0 aliphatic carbocycles. The lowest BCUT2D eigenvalue weighted by atomic mass is 10.1. The Hall–Kier alpha value is -2.25. The van der Waals surface area contributed by atoms with Crippen LogP contribution in [0.25, 0.3) is 0 Å². The van der Waals surface area contributed by atoms with Crippen molar-refractivity contribution in [2.24, 2.45) is 0 Å². The number of carbonyl (C=O) groups excluding carboxylic acids is 1. The quantitative estimate of drug-likeness (QED) is 0.0333. The van der Waals surface area contributed by atoms with Crippen molar-refractivity contribution in [1.29, 1.82) is 0 Å². The van der Waals surface area contributed by atoms with E-state index >= 15 is 0 Å². The first-order valence-corrected chi connectivity index (χ1v) is 17.4. The molecule has 0 bridgehead atoms. The minimum atomic E-state index is -0.932. The van der Waals surface area contributed by atoms with Crippen LogP contribution in [-0.4, -0.2) is 57.3 Å². The average Bonchev–Trinajstić information content (AvgIpc) is 3.01. The summed E-state index contributed by atoms with van der Waals surface area (Å²) in [4.78, 5) is 12.3. The number of carbonyl (C=O) groups is 1. The predicted octanol–water partition coefficient (Wildman–Crippen LogP) is 7.95. The van der Waals surface area contributed by atoms with Crippen molar-refractivity contribution in [3.8, 4) is 0 Å². The molecule has 0 aliphatic heterocycles. The molecule has 252 valence electrons. The lowest BCUT2D eigenvalue weighted by Gasteiger charge is -2.20. The van der Waals surface area contributed by atoms with Gasteiger partial charge < -0.3 is 25.7 Å². The van der Waals surface area contributed by atoms with E-state index < -0.39 is 18.2 Å². The molecular formula is C38H65NO5. The van der Waals surface area contributed by atoms with Crippen molar-refractivity contribution in [2.45, 2.75) is 154 Å². The molecule has 0 aromatic heterocycles. The van der Waals surface area contributed by atoms with Gasteiger partial charge in [0.1, 0.15) is 0 Å². The van der Waals surface area contributed by atoms with Gasteiger partial charge in [0.25, 0.3) is 0 Å². The van der Waals surface area contributed by atoms with E-state index in [1.165, 1.54) is 51.4 Å². The summed E-state index contributed by atoms with van der Waals surface area (Å²) in [5.74, 6) is -0.247. The zero-order chi connectivity index (χ0) is 32.5. The van der Waals surface area contributed by atoms with Crippen LogP contribution in [0.3, 0.4) is 0 Å². The summed E-state index contributed by atoms with van der Waals surface area (Å²) >= 11 is 0. The van der Waals surface area contributed by atoms with Crippen LogP contribution in [0, 0.1) is 0 Å². The number of nitrogens with one attached hydrogen (secondary N) is 1. The Morgan fingerprint density at radius 3 is 1.77 bits per heavy atom. The number of allylic oxidation sites excluding steroid dienone is 9. The van der Waals surface area contributed by atoms with Crippen LogP contribution in [0.4, 0.5) is 0 Å². The van der Waals surface area contributed by atoms with E-state index in [0.717, 1.165) is 44.9 Å². The first-order valence-electron chi connectivity index (χ1n) is 17.4. The van der Waals surface area contributed by atoms with E-state index in [0.29, 0.717) is 12.8 Å². The van der Waals surface area contributed by atoms with Crippen molar-refractivity contribution in [3.63, 3.8) is 0 Å². The fourth-order valence-corrected chi connectivity index (χ4v) is 4.57. The highest BCUT2D eigenvalue weighted by Gasteiger charge is 2.18. The molecule has 0 radical (unpaired) electrons. The van der Waals surface area contributed by atoms with Crippen LogP contribution < -0.4 is 5.32 Å². The summed E-state index contributed by atoms with van der Waals surface area (Å²) in [6, 6.07) is -0.736. The molecule has 0 saturated carbocycles. The normalized spacial score (nSPS) is 15.5. The molecule has 0 spiro atoms. The Morgan fingerprint density at radius 2 is 1.18 bits per heavy atom. The minimum absolute atomic E-state index is 0.217. The van der Waals surface area contributed by atoms with Crippen molar-refractivity contribution in [2.75, 3.05) is 6.61 Å². The summed E-state index contributed by atoms with van der Waals surface area (Å²) in [6.45, 7) is 4.01. The maximum atomic E-state index is 12.3. The molecule has 0 rings (SSSR count). The molecule has 1 amide bonds. The van der Waals surface area contributed by atoms with Crippen molar-refractivity contribution < 1.29 is 25.2 Å². The van der Waals surface area contributed by atoms with Gasteiger partial charge in [-0.25, -0.2) is 0 Å². The Bertz CT molecular complexity index is 829. The third-order valence-electron chi connectivity index (χ3n) is 7.34. The summed E-state index contributed by atoms with van der Waals surface area (Å²) in [6.07, 6.45) is 39.0. The molecule has 0 aromatic carbocycles. The zero-order valence-electron chi connectivity index (χ0n) is 27.9. The molecule has 6 heteroatoms. The van der Waals surface area contributed by atoms with E-state index in [1.54, 1.807) is 18.2 Å². The second-order valence-corrected chi connectivity index (χ2v) is 11.6. The van der Waals surface area contributed by atoms with Gasteiger partial charge in [-0.2, -0.15) is 0 Å².